The van der Waals surface area contributed by atoms with Gasteiger partial charge in [-0.05, 0) is 23.6 Å². The monoisotopic (exact) mass is 196 g/mol. The number of benzene rings is 1. The molecule has 0 aromatic heterocycles. The molecule has 1 heterocycles. The third-order valence-electron chi connectivity index (χ3n) is 2.72. The maximum absolute atomic E-state index is 5.82. The minimum Gasteiger partial charge on any atom is -0.364 e. The Kier molecular flexibility index (Phi) is 2.09. The van der Waals surface area contributed by atoms with Gasteiger partial charge in [-0.1, -0.05) is 37.6 Å². The predicted octanol–water partition coefficient (Wildman–Crippen LogP) is 3.22. The average molecular weight is 197 g/mol. The van der Waals surface area contributed by atoms with Crippen LogP contribution in [0, 0.1) is 5.92 Å². The van der Waals surface area contributed by atoms with Gasteiger partial charge in [0.2, 0.25) is 0 Å². The van der Waals surface area contributed by atoms with Gasteiger partial charge in [-0.2, -0.15) is 0 Å². The zero-order valence-electron chi connectivity index (χ0n) is 7.88. The van der Waals surface area contributed by atoms with Crippen LogP contribution in [0.5, 0.6) is 0 Å². The minimum absolute atomic E-state index is 0.0232. The van der Waals surface area contributed by atoms with Crippen LogP contribution < -0.4 is 0 Å². The zero-order chi connectivity index (χ0) is 9.47. The molecule has 13 heavy (non-hydrogen) atoms. The lowest BCUT2D eigenvalue weighted by Crippen LogP contribution is -2.16. The maximum Gasteiger partial charge on any atom is 0.119 e. The van der Waals surface area contributed by atoms with E-state index in [2.05, 4.69) is 26.0 Å². The van der Waals surface area contributed by atoms with Crippen LogP contribution in [0.2, 0.25) is 5.02 Å². The van der Waals surface area contributed by atoms with Crippen LogP contribution in [0.1, 0.15) is 19.4 Å². The molecule has 0 radical (unpaired) electrons. The van der Waals surface area contributed by atoms with Gasteiger partial charge in [-0.25, -0.2) is 0 Å². The van der Waals surface area contributed by atoms with Gasteiger partial charge >= 0.3 is 0 Å². The van der Waals surface area contributed by atoms with E-state index in [0.29, 0.717) is 5.92 Å². The van der Waals surface area contributed by atoms with E-state index in [9.17, 15) is 0 Å². The lowest BCUT2D eigenvalue weighted by Gasteiger charge is -2.16. The van der Waals surface area contributed by atoms with Crippen molar-refractivity contribution in [3.63, 3.8) is 0 Å². The quantitative estimate of drug-likeness (QED) is 0.662. The smallest absolute Gasteiger partial charge is 0.119 e. The summed E-state index contributed by atoms with van der Waals surface area (Å²) in [6, 6.07) is 7.94. The van der Waals surface area contributed by atoms with E-state index in [-0.39, 0.29) is 5.60 Å². The number of ether oxygens (including phenoxy) is 1. The molecule has 0 N–H and O–H groups in total. The van der Waals surface area contributed by atoms with Crippen LogP contribution in [-0.4, -0.2) is 6.61 Å². The molecule has 0 bridgehead atoms. The van der Waals surface area contributed by atoms with Gasteiger partial charge in [0.05, 0.1) is 6.61 Å². The largest absolute Gasteiger partial charge is 0.364 e. The summed E-state index contributed by atoms with van der Waals surface area (Å²) >= 11 is 5.82. The highest BCUT2D eigenvalue weighted by atomic mass is 35.5. The summed E-state index contributed by atoms with van der Waals surface area (Å²) in [6.45, 7) is 5.20. The SMILES string of the molecule is CC(C)C1(c2ccc(Cl)cc2)CO1. The van der Waals surface area contributed by atoms with Gasteiger partial charge in [0, 0.05) is 5.02 Å². The van der Waals surface area contributed by atoms with E-state index in [1.807, 2.05) is 12.1 Å². The third kappa shape index (κ3) is 1.47. The van der Waals surface area contributed by atoms with E-state index in [0.717, 1.165) is 11.6 Å². The molecule has 0 amide bonds. The predicted molar refractivity (Wildman–Crippen MR) is 53.9 cm³/mol. The van der Waals surface area contributed by atoms with Crippen LogP contribution in [0.4, 0.5) is 0 Å². The van der Waals surface area contributed by atoms with Gasteiger partial charge in [0.15, 0.2) is 0 Å². The summed E-state index contributed by atoms with van der Waals surface area (Å²) in [5.41, 5.74) is 1.22. The van der Waals surface area contributed by atoms with E-state index in [4.69, 9.17) is 16.3 Å². The topological polar surface area (TPSA) is 12.5 Å². The van der Waals surface area contributed by atoms with Crippen molar-refractivity contribution in [3.8, 4) is 0 Å². The lowest BCUT2D eigenvalue weighted by molar-refractivity contribution is 0.242. The Balaban J connectivity index is 2.31. The molecule has 1 atom stereocenters. The standard InChI is InChI=1S/C11H13ClO/c1-8(2)11(7-13-11)9-3-5-10(12)6-4-9/h3-6,8H,7H2,1-2H3. The second-order valence-electron chi connectivity index (χ2n) is 3.84. The molecular formula is C11H13ClO. The number of epoxide rings is 1. The summed E-state index contributed by atoms with van der Waals surface area (Å²) < 4.78 is 5.54. The molecule has 0 aliphatic carbocycles. The molecule has 2 heteroatoms. The lowest BCUT2D eigenvalue weighted by atomic mass is 9.89. The highest BCUT2D eigenvalue weighted by Gasteiger charge is 2.48. The van der Waals surface area contributed by atoms with Crippen LogP contribution >= 0.6 is 11.6 Å². The highest BCUT2D eigenvalue weighted by Crippen LogP contribution is 2.45. The molecule has 2 rings (SSSR count). The third-order valence-corrected chi connectivity index (χ3v) is 2.97. The van der Waals surface area contributed by atoms with Crippen LogP contribution in [0.3, 0.4) is 0 Å². The molecule has 70 valence electrons. The number of halogens is 1. The molecule has 1 aromatic carbocycles. The fourth-order valence-electron chi connectivity index (χ4n) is 1.64. The van der Waals surface area contributed by atoms with Crippen molar-refractivity contribution in [1.82, 2.24) is 0 Å². The first kappa shape index (κ1) is 9.04. The fraction of sp³-hybridized carbons (Fsp3) is 0.455. The van der Waals surface area contributed by atoms with Crippen molar-refractivity contribution in [3.05, 3.63) is 34.9 Å². The molecule has 1 saturated heterocycles. The van der Waals surface area contributed by atoms with Crippen molar-refractivity contribution in [2.45, 2.75) is 19.4 Å². The fourth-order valence-corrected chi connectivity index (χ4v) is 1.77. The van der Waals surface area contributed by atoms with E-state index in [1.165, 1.54) is 5.56 Å². The minimum atomic E-state index is -0.0232. The Bertz CT molecular complexity index is 298. The Labute approximate surface area is 83.7 Å². The molecule has 1 aliphatic rings. The van der Waals surface area contributed by atoms with Crippen molar-refractivity contribution in [1.29, 1.82) is 0 Å². The molecule has 1 fully saturated rings. The summed E-state index contributed by atoms with van der Waals surface area (Å²) in [7, 11) is 0. The molecular weight excluding hydrogens is 184 g/mol. The van der Waals surface area contributed by atoms with E-state index >= 15 is 0 Å². The Morgan fingerprint density at radius 1 is 1.31 bits per heavy atom. The van der Waals surface area contributed by atoms with Crippen LogP contribution in [0.25, 0.3) is 0 Å². The summed E-state index contributed by atoms with van der Waals surface area (Å²) in [6.07, 6.45) is 0. The van der Waals surface area contributed by atoms with Crippen LogP contribution in [-0.2, 0) is 10.3 Å². The van der Waals surface area contributed by atoms with Crippen molar-refractivity contribution < 1.29 is 4.74 Å². The first-order valence-electron chi connectivity index (χ1n) is 4.55. The maximum atomic E-state index is 5.82. The molecule has 1 unspecified atom stereocenters. The Morgan fingerprint density at radius 2 is 1.85 bits per heavy atom. The van der Waals surface area contributed by atoms with Crippen molar-refractivity contribution in [2.75, 3.05) is 6.61 Å². The van der Waals surface area contributed by atoms with Crippen molar-refractivity contribution >= 4 is 11.6 Å². The Hall–Kier alpha value is -0.530. The van der Waals surface area contributed by atoms with Gasteiger partial charge in [-0.15, -0.1) is 0 Å². The second kappa shape index (κ2) is 3.00. The van der Waals surface area contributed by atoms with Gasteiger partial charge < -0.3 is 4.74 Å². The second-order valence-corrected chi connectivity index (χ2v) is 4.28. The molecule has 1 aromatic rings. The van der Waals surface area contributed by atoms with Gasteiger partial charge in [0.25, 0.3) is 0 Å². The number of hydrogen-bond donors (Lipinski definition) is 0. The molecule has 1 nitrogen and oxygen atoms in total. The zero-order valence-corrected chi connectivity index (χ0v) is 8.64. The summed E-state index contributed by atoms with van der Waals surface area (Å²) in [5.74, 6) is 0.522. The highest BCUT2D eigenvalue weighted by molar-refractivity contribution is 6.30. The van der Waals surface area contributed by atoms with Gasteiger partial charge in [0.1, 0.15) is 5.60 Å². The Morgan fingerprint density at radius 3 is 2.23 bits per heavy atom. The average Bonchev–Trinajstić information content (AvgIpc) is 2.86. The first-order chi connectivity index (χ1) is 6.15. The van der Waals surface area contributed by atoms with Crippen molar-refractivity contribution in [2.24, 2.45) is 5.92 Å². The number of rotatable bonds is 2. The molecule has 1 aliphatic heterocycles. The molecule has 0 spiro atoms. The van der Waals surface area contributed by atoms with E-state index in [1.54, 1.807) is 0 Å². The number of hydrogen-bond acceptors (Lipinski definition) is 1. The summed E-state index contributed by atoms with van der Waals surface area (Å²) in [4.78, 5) is 0. The molecule has 0 saturated carbocycles. The van der Waals surface area contributed by atoms with E-state index < -0.39 is 0 Å². The summed E-state index contributed by atoms with van der Waals surface area (Å²) in [5, 5.41) is 0.781. The normalized spacial score (nSPS) is 26.5. The first-order valence-corrected chi connectivity index (χ1v) is 4.93. The van der Waals surface area contributed by atoms with Gasteiger partial charge in [-0.3, -0.25) is 0 Å². The van der Waals surface area contributed by atoms with Crippen LogP contribution in [0.15, 0.2) is 24.3 Å².